The van der Waals surface area contributed by atoms with Crippen LogP contribution in [0.5, 0.6) is 80.5 Å². The number of phenols is 6. The number of fused-ring (bicyclic) bond motifs is 4. The lowest BCUT2D eigenvalue weighted by Gasteiger charge is -2.35. The van der Waals surface area contributed by atoms with Crippen molar-refractivity contribution in [1.29, 1.82) is 0 Å². The van der Waals surface area contributed by atoms with Crippen molar-refractivity contribution < 1.29 is 98.5 Å². The van der Waals surface area contributed by atoms with E-state index in [-0.39, 0.29) is 81.8 Å². The number of phenolic OH excluding ortho intramolecular Hbond substituents is 6. The first-order valence-corrected chi connectivity index (χ1v) is 21.4. The molecule has 0 aliphatic carbocycles. The van der Waals surface area contributed by atoms with Gasteiger partial charge in [-0.05, 0) is 59.7 Å². The molecule has 8 atom stereocenters. The maximum atomic E-state index is 12.7. The third-order valence-corrected chi connectivity index (χ3v) is 12.0. The minimum Gasteiger partial charge on any atom is -0.508 e. The van der Waals surface area contributed by atoms with E-state index < -0.39 is 71.9 Å². The van der Waals surface area contributed by atoms with Crippen molar-refractivity contribution in [1.82, 2.24) is 0 Å². The van der Waals surface area contributed by atoms with Crippen LogP contribution in [-0.2, 0) is 0 Å². The molecule has 0 spiro atoms. The zero-order valence-electron chi connectivity index (χ0n) is 36.8. The number of ether oxygens (including phenoxy) is 8. The van der Waals surface area contributed by atoms with E-state index in [0.717, 1.165) is 12.1 Å². The van der Waals surface area contributed by atoms with Crippen molar-refractivity contribution in [2.75, 3.05) is 27.4 Å². The SMILES string of the molecule is COc1cc(C2Oc3cc([C@H]4Oc5cc(O)cc(O)c5C(=O)[C@@H]4O)ccc3O[C@@H]2CO)ccc1O.COc1cc(C2Oc3cc([C@H]4Oc5cc(O)cc(O)c5C(=O)[C@@H]4O)ccc3O[C@@H]2CO)ccc1O. The zero-order chi connectivity index (χ0) is 49.7. The van der Waals surface area contributed by atoms with Gasteiger partial charge in [-0.3, -0.25) is 9.59 Å². The van der Waals surface area contributed by atoms with E-state index in [1.165, 1.54) is 38.5 Å². The standard InChI is InChI=1S/2C25H22O10/c2*1-32-17-6-11(2-4-14(17)28)24-20(10-26)33-16-5-3-12(7-18(16)34-24)25-23(31)22(30)21-15(29)8-13(27)9-19(21)35-25/h2*2-9,20,23-29,31H,10H2,1H3/t2*20-,23+,24?,25-/m11/s1. The van der Waals surface area contributed by atoms with Gasteiger partial charge in [0, 0.05) is 35.4 Å². The molecule has 10 N–H and O–H groups in total. The molecule has 70 heavy (non-hydrogen) atoms. The second-order valence-electron chi connectivity index (χ2n) is 16.4. The van der Waals surface area contributed by atoms with E-state index in [4.69, 9.17) is 37.9 Å². The second kappa shape index (κ2) is 18.7. The minimum atomic E-state index is -1.62. The van der Waals surface area contributed by atoms with E-state index in [1.54, 1.807) is 60.7 Å². The van der Waals surface area contributed by atoms with Crippen LogP contribution in [0.1, 0.15) is 67.4 Å². The van der Waals surface area contributed by atoms with E-state index in [9.17, 15) is 60.7 Å². The molecule has 0 fully saturated rings. The second-order valence-corrected chi connectivity index (χ2v) is 16.4. The summed E-state index contributed by atoms with van der Waals surface area (Å²) in [5.41, 5.74) is 1.50. The van der Waals surface area contributed by atoms with Crippen LogP contribution in [0.15, 0.2) is 97.1 Å². The molecule has 0 bridgehead atoms. The largest absolute Gasteiger partial charge is 0.508 e. The van der Waals surface area contributed by atoms with Gasteiger partial charge in [0.25, 0.3) is 0 Å². The summed E-state index contributed by atoms with van der Waals surface area (Å²) in [6.07, 6.45) is -8.56. The Labute approximate surface area is 396 Å². The van der Waals surface area contributed by atoms with Gasteiger partial charge in [0.2, 0.25) is 11.6 Å². The van der Waals surface area contributed by atoms with Gasteiger partial charge in [0.05, 0.1) is 27.4 Å². The number of benzene rings is 6. The Kier molecular flexibility index (Phi) is 12.5. The number of aromatic hydroxyl groups is 6. The Morgan fingerprint density at radius 3 is 1.14 bits per heavy atom. The number of carbonyl (C=O) groups excluding carboxylic acids is 2. The number of hydrogen-bond donors (Lipinski definition) is 10. The van der Waals surface area contributed by atoms with Crippen LogP contribution in [0.4, 0.5) is 0 Å². The highest BCUT2D eigenvalue weighted by atomic mass is 16.6. The predicted octanol–water partition coefficient (Wildman–Crippen LogP) is 4.73. The van der Waals surface area contributed by atoms with E-state index >= 15 is 0 Å². The topological polar surface area (TPSA) is 310 Å². The number of rotatable bonds is 8. The van der Waals surface area contributed by atoms with Gasteiger partial charge >= 0.3 is 0 Å². The quantitative estimate of drug-likeness (QED) is 0.0986. The molecule has 0 saturated heterocycles. The number of methoxy groups -OCH3 is 2. The van der Waals surface area contributed by atoms with E-state index in [2.05, 4.69) is 0 Å². The molecule has 20 nitrogen and oxygen atoms in total. The Morgan fingerprint density at radius 2 is 0.771 bits per heavy atom. The maximum absolute atomic E-state index is 12.7. The van der Waals surface area contributed by atoms with Crippen LogP contribution in [0, 0.1) is 0 Å². The lowest BCUT2D eigenvalue weighted by atomic mass is 9.92. The molecular weight excluding hydrogens is 921 g/mol. The molecule has 4 heterocycles. The summed E-state index contributed by atoms with van der Waals surface area (Å²) in [6, 6.07) is 23.0. The smallest absolute Gasteiger partial charge is 0.202 e. The van der Waals surface area contributed by atoms with Crippen molar-refractivity contribution in [2.45, 2.75) is 48.8 Å². The van der Waals surface area contributed by atoms with Crippen LogP contribution in [0.2, 0.25) is 0 Å². The molecule has 2 unspecified atom stereocenters. The molecule has 0 amide bonds. The van der Waals surface area contributed by atoms with Crippen LogP contribution < -0.4 is 37.9 Å². The fourth-order valence-corrected chi connectivity index (χ4v) is 8.56. The van der Waals surface area contributed by atoms with Gasteiger partial charge < -0.3 is 89.0 Å². The normalized spacial score (nSPS) is 22.8. The number of Topliss-reactive ketones (excluding diaryl/α,β-unsaturated/α-hetero) is 2. The molecule has 6 aromatic rings. The van der Waals surface area contributed by atoms with Gasteiger partial charge in [0.1, 0.15) is 45.6 Å². The molecular formula is C50H44O20. The lowest BCUT2D eigenvalue weighted by molar-refractivity contribution is -0.0130. The average Bonchev–Trinajstić information content (AvgIpc) is 3.35. The summed E-state index contributed by atoms with van der Waals surface area (Å²) in [5.74, 6) is -1.65. The Hall–Kier alpha value is -8.30. The van der Waals surface area contributed by atoms with Gasteiger partial charge in [-0.25, -0.2) is 0 Å². The fourth-order valence-electron chi connectivity index (χ4n) is 8.56. The highest BCUT2D eigenvalue weighted by Crippen LogP contribution is 2.48. The van der Waals surface area contributed by atoms with E-state index in [0.29, 0.717) is 33.8 Å². The van der Waals surface area contributed by atoms with Crippen LogP contribution >= 0.6 is 0 Å². The van der Waals surface area contributed by atoms with Gasteiger partial charge in [-0.15, -0.1) is 0 Å². The van der Waals surface area contributed by atoms with Gasteiger partial charge in [0.15, 0.2) is 94.8 Å². The lowest BCUT2D eigenvalue weighted by Crippen LogP contribution is -2.37. The van der Waals surface area contributed by atoms with Crippen molar-refractivity contribution in [2.24, 2.45) is 0 Å². The molecule has 6 aromatic carbocycles. The van der Waals surface area contributed by atoms with E-state index in [1.807, 2.05) is 0 Å². The molecule has 4 aliphatic rings. The van der Waals surface area contributed by atoms with Gasteiger partial charge in [-0.1, -0.05) is 24.3 Å². The first kappa shape index (κ1) is 46.8. The molecule has 4 aliphatic heterocycles. The first-order chi connectivity index (χ1) is 33.6. The number of hydrogen-bond acceptors (Lipinski definition) is 20. The molecule has 364 valence electrons. The molecule has 20 heteroatoms. The average molecular weight is 965 g/mol. The van der Waals surface area contributed by atoms with Crippen molar-refractivity contribution in [3.05, 3.63) is 130 Å². The summed E-state index contributed by atoms with van der Waals surface area (Å²) in [5, 5.41) is 100. The Bertz CT molecular complexity index is 2810. The molecule has 0 radical (unpaired) electrons. The summed E-state index contributed by atoms with van der Waals surface area (Å²) in [4.78, 5) is 25.5. The van der Waals surface area contributed by atoms with Crippen LogP contribution in [0.3, 0.4) is 0 Å². The summed E-state index contributed by atoms with van der Waals surface area (Å²) < 4.78 is 46.0. The summed E-state index contributed by atoms with van der Waals surface area (Å²) in [6.45, 7) is -0.699. The molecule has 0 aromatic heterocycles. The molecule has 10 rings (SSSR count). The fraction of sp³-hybridized carbons (Fsp3) is 0.240. The summed E-state index contributed by atoms with van der Waals surface area (Å²) in [7, 11) is 2.83. The maximum Gasteiger partial charge on any atom is 0.202 e. The van der Waals surface area contributed by atoms with Crippen LogP contribution in [0.25, 0.3) is 0 Å². The monoisotopic (exact) mass is 964 g/mol. The zero-order valence-corrected chi connectivity index (χ0v) is 36.8. The van der Waals surface area contributed by atoms with Crippen molar-refractivity contribution >= 4 is 11.6 Å². The Morgan fingerprint density at radius 1 is 0.414 bits per heavy atom. The van der Waals surface area contributed by atoms with Gasteiger partial charge in [-0.2, -0.15) is 0 Å². The van der Waals surface area contributed by atoms with Crippen molar-refractivity contribution in [3.8, 4) is 80.5 Å². The highest BCUT2D eigenvalue weighted by Gasteiger charge is 2.43. The third-order valence-electron chi connectivity index (χ3n) is 12.0. The van der Waals surface area contributed by atoms with Crippen molar-refractivity contribution in [3.63, 3.8) is 0 Å². The minimum absolute atomic E-state index is 0.0540. The first-order valence-electron chi connectivity index (χ1n) is 21.4. The highest BCUT2D eigenvalue weighted by molar-refractivity contribution is 6.06. The number of ketones is 2. The molecule has 0 saturated carbocycles. The Balaban J connectivity index is 0.000000174. The van der Waals surface area contributed by atoms with Crippen LogP contribution in [-0.4, -0.2) is 114 Å². The number of carbonyl (C=O) groups is 2. The predicted molar refractivity (Wildman–Crippen MR) is 239 cm³/mol. The third kappa shape index (κ3) is 8.49. The number of aliphatic hydroxyl groups excluding tert-OH is 4. The summed E-state index contributed by atoms with van der Waals surface area (Å²) >= 11 is 0. The number of aliphatic hydroxyl groups is 4.